The van der Waals surface area contributed by atoms with Gasteiger partial charge in [0.1, 0.15) is 55.3 Å². The molecule has 7 heterocycles. The first-order valence-corrected chi connectivity index (χ1v) is 27.4. The average molecular weight is 1280 g/mol. The van der Waals surface area contributed by atoms with Gasteiger partial charge in [0.2, 0.25) is 6.19 Å². The maximum Gasteiger partial charge on any atom is 0.277 e. The van der Waals surface area contributed by atoms with Crippen molar-refractivity contribution in [3.8, 4) is 6.19 Å². The Hall–Kier alpha value is -8.53. The van der Waals surface area contributed by atoms with E-state index in [2.05, 4.69) is 50.5 Å². The molecule has 2 saturated heterocycles. The number of hydrazone groups is 3. The molecule has 0 amide bonds. The van der Waals surface area contributed by atoms with Gasteiger partial charge in [-0.15, -0.1) is 0 Å². The van der Waals surface area contributed by atoms with Crippen LogP contribution in [0.1, 0.15) is 74.8 Å². The Kier molecular flexibility index (Phi) is 31.9. The first-order valence-electron chi connectivity index (χ1n) is 25.5. The third-order valence-electron chi connectivity index (χ3n) is 11.5. The summed E-state index contributed by atoms with van der Waals surface area (Å²) in [5, 5.41) is 63.0. The number of hydrogen-bond donors (Lipinski definition) is 1. The Morgan fingerprint density at radius 1 is 0.694 bits per heavy atom. The van der Waals surface area contributed by atoms with E-state index in [1.807, 2.05) is 61.9 Å². The van der Waals surface area contributed by atoms with Crippen molar-refractivity contribution in [1.29, 1.82) is 5.26 Å². The van der Waals surface area contributed by atoms with Crippen molar-refractivity contribution in [2.45, 2.75) is 79.6 Å². The molecule has 0 spiro atoms. The van der Waals surface area contributed by atoms with Crippen LogP contribution in [0.25, 0.3) is 0 Å². The van der Waals surface area contributed by atoms with Crippen molar-refractivity contribution in [1.82, 2.24) is 54.7 Å². The number of allylic oxidation sites excluding steroid dienone is 1. The van der Waals surface area contributed by atoms with Crippen LogP contribution in [0.2, 0.25) is 25.8 Å². The summed E-state index contributed by atoms with van der Waals surface area (Å²) < 4.78 is 5.30. The molecule has 5 aromatic rings. The van der Waals surface area contributed by atoms with Gasteiger partial charge in [-0.3, -0.25) is 10.1 Å². The van der Waals surface area contributed by atoms with Gasteiger partial charge in [-0.25, -0.2) is 55.3 Å². The number of nitrogens with zero attached hydrogens (tertiary/aromatic N) is 19. The Balaban J connectivity index is 0.000000279. The van der Waals surface area contributed by atoms with Gasteiger partial charge in [0.15, 0.2) is 15.1 Å². The minimum absolute atomic E-state index is 0.236. The van der Waals surface area contributed by atoms with Crippen LogP contribution >= 0.6 is 58.0 Å². The van der Waals surface area contributed by atoms with Gasteiger partial charge in [-0.05, 0) is 97.7 Å². The van der Waals surface area contributed by atoms with Gasteiger partial charge in [0, 0.05) is 90.9 Å². The number of hydrogen-bond acceptors (Lipinski definition) is 17. The first kappa shape index (κ1) is 70.7. The standard InChI is InChI=1S/C12H16ClN3O2.C10H12ClN5O3.C10H11ClN4.C10H12ClN3O2.C9H10ClN5O2/c1-3-11(9-16(17)18)15(4-2)8-10-5-6-12(13)14-7-10;1-14-6-19-7-15(10(14)13-16(17)18)5-8-2-3-9(11)12-4-8;1-8(14-7-12)15(2)6-9-3-4-10(11)13-5-9;1-2-9(13-14(15)16)5-3-8-4-6-10(11)12-7-8;10-8-2-1-7(5-12-8)6-14-4-3-11-9(14)13-15(16)17/h5-7,9H,3-4,8H2,1-2H3;2-4H,5-7H2,1H3;3-5H,6H2,1-2H3;4,6-7H,2-3,5H2,1H3;1-2,5H,3-4,6H2,(H,11,13). The van der Waals surface area contributed by atoms with Crippen molar-refractivity contribution in [3.63, 3.8) is 0 Å². The SMILES string of the molecule is CC(=NC#N)N(C)Cc1ccc(Cl)nc1.CCC(=C[N+](=O)[O-])N(CC)Cc1ccc(Cl)nc1.CCC(CCc1ccc(Cl)nc1)=N[N+](=O)[O-].CN1COCN(Cc2ccc(Cl)nc2)C1=N[N+](=O)[O-].O=[N+]([O-])N=C1NCCN1Cc1ccc(Cl)nc1. The highest BCUT2D eigenvalue weighted by Gasteiger charge is 2.25. The first-order chi connectivity index (χ1) is 40.5. The highest BCUT2D eigenvalue weighted by molar-refractivity contribution is 6.30. The molecular formula is C51H61Cl5N20O9. The average Bonchev–Trinajstić information content (AvgIpc) is 3.97. The fourth-order valence-electron chi connectivity index (χ4n) is 7.22. The van der Waals surface area contributed by atoms with Gasteiger partial charge in [0.05, 0.1) is 21.4 Å². The predicted octanol–water partition coefficient (Wildman–Crippen LogP) is 9.51. The molecule has 1 N–H and O–H groups in total. The number of nitriles is 1. The molecule has 0 radical (unpaired) electrons. The minimum atomic E-state index is -0.718. The van der Waals surface area contributed by atoms with Crippen LogP contribution in [-0.2, 0) is 37.3 Å². The lowest BCUT2D eigenvalue weighted by Gasteiger charge is -2.34. The van der Waals surface area contributed by atoms with Crippen LogP contribution in [0, 0.1) is 51.9 Å². The summed E-state index contributed by atoms with van der Waals surface area (Å²) >= 11 is 28.4. The van der Waals surface area contributed by atoms with Crippen LogP contribution in [0.15, 0.2) is 124 Å². The van der Waals surface area contributed by atoms with Gasteiger partial charge >= 0.3 is 0 Å². The van der Waals surface area contributed by atoms with E-state index in [9.17, 15) is 40.5 Å². The number of aliphatic imine (C=N–C) groups is 1. The number of guanidine groups is 2. The number of ether oxygens (including phenoxy) is 1. The van der Waals surface area contributed by atoms with Crippen LogP contribution in [0.5, 0.6) is 0 Å². The van der Waals surface area contributed by atoms with Crippen molar-refractivity contribution >= 4 is 81.5 Å². The lowest BCUT2D eigenvalue weighted by atomic mass is 10.1. The Bertz CT molecular complexity index is 3120. The molecule has 5 aromatic heterocycles. The second-order valence-electron chi connectivity index (χ2n) is 17.6. The molecule has 29 nitrogen and oxygen atoms in total. The molecule has 0 unspecified atom stereocenters. The zero-order valence-electron chi connectivity index (χ0n) is 47.0. The van der Waals surface area contributed by atoms with Crippen LogP contribution in [0.4, 0.5) is 0 Å². The van der Waals surface area contributed by atoms with Crippen molar-refractivity contribution in [3.05, 3.63) is 198 Å². The van der Waals surface area contributed by atoms with Crippen molar-refractivity contribution in [2.75, 3.05) is 47.2 Å². The third-order valence-corrected chi connectivity index (χ3v) is 12.6. The number of pyridine rings is 5. The zero-order valence-corrected chi connectivity index (χ0v) is 50.8. The molecule has 454 valence electrons. The molecular weight excluding hydrogens is 1210 g/mol. The fourth-order valence-corrected chi connectivity index (χ4v) is 7.78. The van der Waals surface area contributed by atoms with E-state index in [-0.39, 0.29) is 25.4 Å². The summed E-state index contributed by atoms with van der Waals surface area (Å²) in [5.74, 6) is 1.21. The molecule has 0 bridgehead atoms. The molecule has 0 aromatic carbocycles. The third kappa shape index (κ3) is 28.5. The van der Waals surface area contributed by atoms with Gasteiger partial charge in [-0.2, -0.15) is 10.3 Å². The Labute approximate surface area is 514 Å². The summed E-state index contributed by atoms with van der Waals surface area (Å²) in [4.78, 5) is 73.5. The molecule has 2 aliphatic rings. The summed E-state index contributed by atoms with van der Waals surface area (Å²) in [6.45, 7) is 12.2. The Morgan fingerprint density at radius 2 is 1.18 bits per heavy atom. The maximum atomic E-state index is 10.6. The monoisotopic (exact) mass is 1270 g/mol. The highest BCUT2D eigenvalue weighted by Crippen LogP contribution is 2.17. The number of nitrogens with one attached hydrogen (secondary N) is 1. The van der Waals surface area contributed by atoms with Crippen LogP contribution < -0.4 is 5.32 Å². The van der Waals surface area contributed by atoms with Gasteiger partial charge in [0.25, 0.3) is 18.1 Å². The van der Waals surface area contributed by atoms with E-state index in [0.717, 1.165) is 34.0 Å². The van der Waals surface area contributed by atoms with E-state index in [1.54, 1.807) is 102 Å². The molecule has 0 atom stereocenters. The van der Waals surface area contributed by atoms with E-state index in [4.69, 9.17) is 68.0 Å². The molecule has 0 saturated carbocycles. The number of amidine groups is 1. The maximum absolute atomic E-state index is 10.6. The molecule has 2 fully saturated rings. The number of halogens is 5. The number of nitro groups is 4. The van der Waals surface area contributed by atoms with E-state index < -0.39 is 20.0 Å². The summed E-state index contributed by atoms with van der Waals surface area (Å²) in [6, 6.07) is 17.8. The predicted molar refractivity (Wildman–Crippen MR) is 322 cm³/mol. The number of aromatic nitrogens is 5. The second kappa shape index (κ2) is 38.3. The van der Waals surface area contributed by atoms with Gasteiger partial charge in [-0.1, -0.05) is 102 Å². The largest absolute Gasteiger partial charge is 0.366 e. The second-order valence-corrected chi connectivity index (χ2v) is 19.5. The Morgan fingerprint density at radius 3 is 1.60 bits per heavy atom. The van der Waals surface area contributed by atoms with E-state index in [1.165, 1.54) is 0 Å². The van der Waals surface area contributed by atoms with Crippen LogP contribution in [-0.4, -0.2) is 140 Å². The highest BCUT2D eigenvalue weighted by atomic mass is 35.5. The fraction of sp³-hybridized carbons (Fsp3) is 0.373. The van der Waals surface area contributed by atoms with Gasteiger partial charge < -0.3 is 34.6 Å². The van der Waals surface area contributed by atoms with E-state index in [0.29, 0.717) is 115 Å². The number of aryl methyl sites for hydroxylation is 1. The molecule has 34 heteroatoms. The molecule has 0 aliphatic carbocycles. The lowest BCUT2D eigenvalue weighted by molar-refractivity contribution is -0.486. The topological polar surface area (TPSA) is 348 Å². The summed E-state index contributed by atoms with van der Waals surface area (Å²) in [6.07, 6.45) is 13.6. The lowest BCUT2D eigenvalue weighted by Crippen LogP contribution is -2.49. The molecule has 7 rings (SSSR count). The molecule has 2 aliphatic heterocycles. The smallest absolute Gasteiger partial charge is 0.277 e. The molecule has 85 heavy (non-hydrogen) atoms. The van der Waals surface area contributed by atoms with Crippen LogP contribution in [0.3, 0.4) is 0 Å². The zero-order chi connectivity index (χ0) is 62.8. The summed E-state index contributed by atoms with van der Waals surface area (Å²) in [7, 11) is 3.54. The summed E-state index contributed by atoms with van der Waals surface area (Å²) in [5.41, 5.74) is 6.07. The quantitative estimate of drug-likeness (QED) is 0.0201. The van der Waals surface area contributed by atoms with Crippen molar-refractivity contribution < 1.29 is 24.8 Å². The van der Waals surface area contributed by atoms with Crippen molar-refractivity contribution in [2.24, 2.45) is 20.3 Å². The number of rotatable bonds is 19. The van der Waals surface area contributed by atoms with E-state index >= 15 is 0 Å². The minimum Gasteiger partial charge on any atom is -0.366 e. The normalized spacial score (nSPS) is 14.0.